The highest BCUT2D eigenvalue weighted by molar-refractivity contribution is 7.92. The van der Waals surface area contributed by atoms with Crippen LogP contribution in [0, 0.1) is 0 Å². The van der Waals surface area contributed by atoms with Crippen molar-refractivity contribution in [3.05, 3.63) is 53.6 Å². The minimum absolute atomic E-state index is 0.108. The number of methoxy groups -OCH3 is 1. The molecule has 0 saturated heterocycles. The van der Waals surface area contributed by atoms with E-state index in [9.17, 15) is 13.2 Å². The number of anilines is 1. The van der Waals surface area contributed by atoms with Crippen LogP contribution in [0.25, 0.3) is 0 Å². The summed E-state index contributed by atoms with van der Waals surface area (Å²) in [6.45, 7) is 7.60. The Labute approximate surface area is 190 Å². The molecule has 2 aromatic carbocycles. The molecule has 7 nitrogen and oxygen atoms in total. The lowest BCUT2D eigenvalue weighted by molar-refractivity contribution is -0.120. The number of benzene rings is 2. The summed E-state index contributed by atoms with van der Waals surface area (Å²) >= 11 is 0. The van der Waals surface area contributed by atoms with Crippen LogP contribution in [0.5, 0.6) is 11.5 Å². The SMILES string of the molecule is COc1ccc2c(c1)OC(C)(C)CC2NC(=O)CN(c1ccccc1C(C)C)S(C)(=O)=O. The van der Waals surface area contributed by atoms with E-state index in [1.54, 1.807) is 25.3 Å². The molecule has 8 heteroatoms. The van der Waals surface area contributed by atoms with Gasteiger partial charge >= 0.3 is 0 Å². The predicted octanol–water partition coefficient (Wildman–Crippen LogP) is 4.00. The summed E-state index contributed by atoms with van der Waals surface area (Å²) in [5.41, 5.74) is 1.73. The lowest BCUT2D eigenvalue weighted by Crippen LogP contribution is -2.45. The van der Waals surface area contributed by atoms with Crippen molar-refractivity contribution in [1.29, 1.82) is 0 Å². The van der Waals surface area contributed by atoms with Gasteiger partial charge in [0, 0.05) is 18.1 Å². The molecule has 1 unspecified atom stereocenters. The number of ether oxygens (including phenoxy) is 2. The molecule has 0 aromatic heterocycles. The van der Waals surface area contributed by atoms with E-state index in [0.717, 1.165) is 17.4 Å². The Balaban J connectivity index is 1.88. The van der Waals surface area contributed by atoms with Gasteiger partial charge in [-0.3, -0.25) is 9.10 Å². The first-order chi connectivity index (χ1) is 14.9. The zero-order valence-corrected chi connectivity index (χ0v) is 20.3. The molecule has 1 aliphatic rings. The van der Waals surface area contributed by atoms with Crippen LogP contribution in [0.3, 0.4) is 0 Å². The largest absolute Gasteiger partial charge is 0.497 e. The second-order valence-electron chi connectivity index (χ2n) is 9.07. The molecule has 1 N–H and O–H groups in total. The highest BCUT2D eigenvalue weighted by Crippen LogP contribution is 2.41. The van der Waals surface area contributed by atoms with Crippen LogP contribution in [0.4, 0.5) is 5.69 Å². The Kier molecular flexibility index (Phi) is 6.74. The van der Waals surface area contributed by atoms with Crippen LogP contribution in [0.1, 0.15) is 57.2 Å². The summed E-state index contributed by atoms with van der Waals surface area (Å²) in [5, 5.41) is 3.02. The standard InChI is InChI=1S/C24H32N2O5S/c1-16(2)18-9-7-8-10-21(18)26(32(6,28)29)15-23(27)25-20-14-24(3,4)31-22-13-17(30-5)11-12-19(20)22/h7-13,16,20H,14-15H2,1-6H3,(H,25,27). The van der Waals surface area contributed by atoms with E-state index in [0.29, 0.717) is 23.6 Å². The molecule has 3 rings (SSSR count). The molecule has 174 valence electrons. The maximum atomic E-state index is 13.1. The van der Waals surface area contributed by atoms with Crippen LogP contribution in [-0.4, -0.2) is 39.8 Å². The van der Waals surface area contributed by atoms with Crippen LogP contribution >= 0.6 is 0 Å². The minimum Gasteiger partial charge on any atom is -0.497 e. The molecule has 0 spiro atoms. The number of hydrogen-bond acceptors (Lipinski definition) is 5. The summed E-state index contributed by atoms with van der Waals surface area (Å²) < 4.78 is 37.8. The van der Waals surface area contributed by atoms with Gasteiger partial charge in [0.2, 0.25) is 15.9 Å². The summed E-state index contributed by atoms with van der Waals surface area (Å²) in [4.78, 5) is 13.1. The first kappa shape index (κ1) is 23.9. The first-order valence-corrected chi connectivity index (χ1v) is 12.5. The monoisotopic (exact) mass is 460 g/mol. The molecular formula is C24H32N2O5S. The number of sulfonamides is 1. The van der Waals surface area contributed by atoms with E-state index in [1.165, 1.54) is 4.31 Å². The molecular weight excluding hydrogens is 428 g/mol. The normalized spacial score (nSPS) is 17.3. The zero-order valence-electron chi connectivity index (χ0n) is 19.5. The van der Waals surface area contributed by atoms with Gasteiger partial charge in [0.25, 0.3) is 0 Å². The second kappa shape index (κ2) is 9.02. The van der Waals surface area contributed by atoms with Gasteiger partial charge in [-0.2, -0.15) is 0 Å². The number of amides is 1. The van der Waals surface area contributed by atoms with Crippen LogP contribution < -0.4 is 19.1 Å². The van der Waals surface area contributed by atoms with Crippen molar-refractivity contribution in [2.45, 2.75) is 51.7 Å². The number of fused-ring (bicyclic) bond motifs is 1. The highest BCUT2D eigenvalue weighted by Gasteiger charge is 2.35. The van der Waals surface area contributed by atoms with Gasteiger partial charge in [-0.05, 0) is 43.5 Å². The molecule has 0 bridgehead atoms. The topological polar surface area (TPSA) is 84.9 Å². The van der Waals surface area contributed by atoms with Gasteiger partial charge < -0.3 is 14.8 Å². The third kappa shape index (κ3) is 5.35. The average Bonchev–Trinajstić information content (AvgIpc) is 2.69. The minimum atomic E-state index is -3.67. The summed E-state index contributed by atoms with van der Waals surface area (Å²) in [7, 11) is -2.08. The van der Waals surface area contributed by atoms with E-state index in [1.807, 2.05) is 52.0 Å². The highest BCUT2D eigenvalue weighted by atomic mass is 32.2. The van der Waals surface area contributed by atoms with Gasteiger partial charge in [-0.25, -0.2) is 8.42 Å². The number of nitrogens with zero attached hydrogens (tertiary/aromatic N) is 1. The summed E-state index contributed by atoms with van der Waals surface area (Å²) in [6.07, 6.45) is 1.68. The van der Waals surface area contributed by atoms with Crippen LogP contribution in [0.15, 0.2) is 42.5 Å². The van der Waals surface area contributed by atoms with Crippen LogP contribution in [-0.2, 0) is 14.8 Å². The molecule has 0 radical (unpaired) electrons. The van der Waals surface area contributed by atoms with Gasteiger partial charge in [-0.1, -0.05) is 32.0 Å². The fraction of sp³-hybridized carbons (Fsp3) is 0.458. The second-order valence-corrected chi connectivity index (χ2v) is 11.0. The third-order valence-electron chi connectivity index (χ3n) is 5.53. The molecule has 2 aromatic rings. The fourth-order valence-corrected chi connectivity index (χ4v) is 4.92. The fourth-order valence-electron chi connectivity index (χ4n) is 4.04. The van der Waals surface area contributed by atoms with Crippen LogP contribution in [0.2, 0.25) is 0 Å². The number of carbonyl (C=O) groups is 1. The van der Waals surface area contributed by atoms with Gasteiger partial charge in [0.15, 0.2) is 0 Å². The molecule has 0 saturated carbocycles. The quantitative estimate of drug-likeness (QED) is 0.675. The Morgan fingerprint density at radius 3 is 2.56 bits per heavy atom. The van der Waals surface area contributed by atoms with E-state index < -0.39 is 15.6 Å². The van der Waals surface area contributed by atoms with Crippen molar-refractivity contribution in [2.24, 2.45) is 0 Å². The Morgan fingerprint density at radius 1 is 1.25 bits per heavy atom. The average molecular weight is 461 g/mol. The number of para-hydroxylation sites is 1. The summed E-state index contributed by atoms with van der Waals surface area (Å²) in [6, 6.07) is 12.5. The zero-order chi connectivity index (χ0) is 23.7. The van der Waals surface area contributed by atoms with Gasteiger partial charge in [0.1, 0.15) is 23.6 Å². The van der Waals surface area contributed by atoms with E-state index in [2.05, 4.69) is 5.32 Å². The van der Waals surface area contributed by atoms with E-state index in [4.69, 9.17) is 9.47 Å². The first-order valence-electron chi connectivity index (χ1n) is 10.6. The maximum Gasteiger partial charge on any atom is 0.241 e. The lowest BCUT2D eigenvalue weighted by atomic mass is 9.89. The van der Waals surface area contributed by atoms with Crippen molar-refractivity contribution in [2.75, 3.05) is 24.2 Å². The number of nitrogens with one attached hydrogen (secondary N) is 1. The van der Waals surface area contributed by atoms with Crippen molar-refractivity contribution in [3.8, 4) is 11.5 Å². The lowest BCUT2D eigenvalue weighted by Gasteiger charge is -2.38. The molecule has 0 aliphatic carbocycles. The smallest absolute Gasteiger partial charge is 0.241 e. The molecule has 0 fully saturated rings. The molecule has 1 amide bonds. The van der Waals surface area contributed by atoms with Crippen molar-refractivity contribution in [3.63, 3.8) is 0 Å². The van der Waals surface area contributed by atoms with Gasteiger partial charge in [-0.15, -0.1) is 0 Å². The van der Waals surface area contributed by atoms with Crippen molar-refractivity contribution in [1.82, 2.24) is 5.32 Å². The van der Waals surface area contributed by atoms with Crippen molar-refractivity contribution < 1.29 is 22.7 Å². The van der Waals surface area contributed by atoms with Gasteiger partial charge in [0.05, 0.1) is 25.1 Å². The van der Waals surface area contributed by atoms with E-state index >= 15 is 0 Å². The summed E-state index contributed by atoms with van der Waals surface area (Å²) in [5.74, 6) is 1.05. The molecule has 1 aliphatic heterocycles. The number of carbonyl (C=O) groups excluding carboxylic acids is 1. The van der Waals surface area contributed by atoms with E-state index in [-0.39, 0.29) is 24.4 Å². The molecule has 32 heavy (non-hydrogen) atoms. The Hall–Kier alpha value is -2.74. The Bertz CT molecular complexity index is 1100. The Morgan fingerprint density at radius 2 is 1.94 bits per heavy atom. The van der Waals surface area contributed by atoms with Crippen molar-refractivity contribution >= 4 is 21.6 Å². The number of hydrogen-bond donors (Lipinski definition) is 1. The third-order valence-corrected chi connectivity index (χ3v) is 6.65. The predicted molar refractivity (Wildman–Crippen MR) is 126 cm³/mol. The molecule has 1 heterocycles. The maximum absolute atomic E-state index is 13.1. The number of rotatable bonds is 7. The molecule has 1 atom stereocenters.